The third kappa shape index (κ3) is 6.37. The monoisotopic (exact) mass is 530 g/mol. The first-order valence-electron chi connectivity index (χ1n) is 13.0. The van der Waals surface area contributed by atoms with Crippen molar-refractivity contribution in [2.24, 2.45) is 0 Å². The molecule has 12 nitrogen and oxygen atoms in total. The molecule has 0 radical (unpaired) electrons. The van der Waals surface area contributed by atoms with E-state index in [1.165, 1.54) is 0 Å². The summed E-state index contributed by atoms with van der Waals surface area (Å²) in [5.74, 6) is -2.07. The molecule has 3 heterocycles. The molecule has 12 heteroatoms. The molecule has 0 aliphatic carbocycles. The van der Waals surface area contributed by atoms with Gasteiger partial charge < -0.3 is 24.0 Å². The Balaban J connectivity index is 1.23. The number of piperazine rings is 1. The molecule has 206 valence electrons. The van der Waals surface area contributed by atoms with E-state index >= 15 is 0 Å². The largest absolute Gasteiger partial charge is 0.379 e. The average Bonchev–Trinajstić information content (AvgIpc) is 3.16. The third-order valence-corrected chi connectivity index (χ3v) is 6.83. The van der Waals surface area contributed by atoms with Crippen LogP contribution in [0.4, 0.5) is 5.69 Å². The van der Waals surface area contributed by atoms with Crippen LogP contribution in [0.3, 0.4) is 0 Å². The van der Waals surface area contributed by atoms with Gasteiger partial charge in [-0.25, -0.2) is 0 Å². The van der Waals surface area contributed by atoms with Gasteiger partial charge in [0.2, 0.25) is 17.7 Å². The number of nitrogens with one attached hydrogen (secondary N) is 1. The molecule has 38 heavy (non-hydrogen) atoms. The minimum absolute atomic E-state index is 0.0246. The molecule has 0 saturated carbocycles. The quantitative estimate of drug-likeness (QED) is 0.297. The Kier molecular flexibility index (Phi) is 9.43. The summed E-state index contributed by atoms with van der Waals surface area (Å²) in [6, 6.07) is 4.06. The van der Waals surface area contributed by atoms with Crippen LogP contribution < -0.4 is 10.2 Å². The Morgan fingerprint density at radius 3 is 2.24 bits per heavy atom. The van der Waals surface area contributed by atoms with E-state index in [2.05, 4.69) is 10.2 Å². The second-order valence-corrected chi connectivity index (χ2v) is 9.22. The summed E-state index contributed by atoms with van der Waals surface area (Å²) in [7, 11) is 0. The maximum absolute atomic E-state index is 13.1. The average molecular weight is 531 g/mol. The summed E-state index contributed by atoms with van der Waals surface area (Å²) < 4.78 is 16.0. The molecule has 0 bridgehead atoms. The molecule has 3 aliphatic rings. The van der Waals surface area contributed by atoms with E-state index in [9.17, 15) is 24.0 Å². The lowest BCUT2D eigenvalue weighted by Crippen LogP contribution is -2.54. The molecule has 1 N–H and O–H groups in total. The zero-order chi connectivity index (χ0) is 27.1. The number of carbonyl (C=O) groups excluding carboxylic acids is 5. The maximum atomic E-state index is 13.1. The van der Waals surface area contributed by atoms with Crippen molar-refractivity contribution in [2.75, 3.05) is 70.7 Å². The van der Waals surface area contributed by atoms with Gasteiger partial charge in [-0.05, 0) is 31.5 Å². The van der Waals surface area contributed by atoms with Crippen LogP contribution in [-0.4, -0.2) is 111 Å². The number of piperidine rings is 1. The zero-order valence-corrected chi connectivity index (χ0v) is 21.6. The number of hydrogen-bond donors (Lipinski definition) is 1. The van der Waals surface area contributed by atoms with Gasteiger partial charge in [-0.2, -0.15) is 0 Å². The van der Waals surface area contributed by atoms with Crippen molar-refractivity contribution in [1.29, 1.82) is 0 Å². The third-order valence-electron chi connectivity index (χ3n) is 6.83. The predicted molar refractivity (Wildman–Crippen MR) is 135 cm³/mol. The number of nitrogens with zero attached hydrogens (tertiary/aromatic N) is 3. The van der Waals surface area contributed by atoms with Crippen LogP contribution in [0.25, 0.3) is 0 Å². The summed E-state index contributed by atoms with van der Waals surface area (Å²) in [6.07, 6.45) is 0.490. The van der Waals surface area contributed by atoms with Crippen LogP contribution in [0, 0.1) is 0 Å². The van der Waals surface area contributed by atoms with Crippen LogP contribution in [0.1, 0.15) is 46.9 Å². The van der Waals surface area contributed by atoms with E-state index in [-0.39, 0.29) is 29.9 Å². The van der Waals surface area contributed by atoms with Crippen LogP contribution in [0.15, 0.2) is 18.2 Å². The standard InChI is InChI=1S/C26H34N4O8/c1-2-36-13-14-38-16-15-37-12-7-23(32)29-10-8-28(9-11-29)18-3-4-19-20(17-18)26(35)30(25(19)34)21-5-6-22(31)27-24(21)33/h3-4,17,21H,2,5-16H2,1H3,(H,27,31,33). The number of anilines is 1. The summed E-state index contributed by atoms with van der Waals surface area (Å²) in [4.78, 5) is 67.1. The van der Waals surface area contributed by atoms with Gasteiger partial charge in [-0.15, -0.1) is 0 Å². The molecule has 1 atom stereocenters. The highest BCUT2D eigenvalue weighted by atomic mass is 16.5. The van der Waals surface area contributed by atoms with E-state index in [0.717, 1.165) is 10.6 Å². The van der Waals surface area contributed by atoms with Gasteiger partial charge in [0.05, 0.1) is 50.6 Å². The molecule has 2 fully saturated rings. The minimum Gasteiger partial charge on any atom is -0.379 e. The molecule has 5 amide bonds. The van der Waals surface area contributed by atoms with Crippen molar-refractivity contribution in [3.05, 3.63) is 29.3 Å². The SMILES string of the molecule is CCOCCOCCOCCC(=O)N1CCN(c2ccc3c(c2)C(=O)N(C2CCC(=O)NC2=O)C3=O)CC1. The van der Waals surface area contributed by atoms with Crippen LogP contribution in [0.2, 0.25) is 0 Å². The summed E-state index contributed by atoms with van der Waals surface area (Å²) >= 11 is 0. The predicted octanol–water partition coefficient (Wildman–Crippen LogP) is 0.196. The highest BCUT2D eigenvalue weighted by molar-refractivity contribution is 6.23. The Labute approximate surface area is 221 Å². The number of carbonyl (C=O) groups is 5. The topological polar surface area (TPSA) is 135 Å². The maximum Gasteiger partial charge on any atom is 0.262 e. The lowest BCUT2D eigenvalue weighted by atomic mass is 10.0. The normalized spacial score (nSPS) is 19.7. The first kappa shape index (κ1) is 27.7. The van der Waals surface area contributed by atoms with Crippen LogP contribution in [0.5, 0.6) is 0 Å². The molecule has 3 aliphatic heterocycles. The number of rotatable bonds is 12. The molecule has 4 rings (SSSR count). The van der Waals surface area contributed by atoms with E-state index in [1.54, 1.807) is 23.1 Å². The molecule has 2 saturated heterocycles. The van der Waals surface area contributed by atoms with Gasteiger partial charge in [0.1, 0.15) is 6.04 Å². The number of ether oxygens (including phenoxy) is 3. The Hall–Kier alpha value is -3.35. The fourth-order valence-corrected chi connectivity index (χ4v) is 4.77. The Morgan fingerprint density at radius 1 is 0.895 bits per heavy atom. The number of fused-ring (bicyclic) bond motifs is 1. The molecular formula is C26H34N4O8. The highest BCUT2D eigenvalue weighted by Gasteiger charge is 2.44. The zero-order valence-electron chi connectivity index (χ0n) is 21.6. The van der Waals surface area contributed by atoms with Crippen molar-refractivity contribution < 1.29 is 38.2 Å². The molecule has 0 aromatic heterocycles. The summed E-state index contributed by atoms with van der Waals surface area (Å²) in [5, 5.41) is 2.20. The van der Waals surface area contributed by atoms with E-state index in [0.29, 0.717) is 72.2 Å². The molecule has 1 aromatic carbocycles. The fraction of sp³-hybridized carbons (Fsp3) is 0.577. The minimum atomic E-state index is -0.991. The number of imide groups is 2. The van der Waals surface area contributed by atoms with Gasteiger partial charge in [0.25, 0.3) is 11.8 Å². The fourth-order valence-electron chi connectivity index (χ4n) is 4.77. The first-order valence-corrected chi connectivity index (χ1v) is 13.0. The molecule has 1 unspecified atom stereocenters. The van der Waals surface area contributed by atoms with Crippen molar-refractivity contribution in [3.8, 4) is 0 Å². The van der Waals surface area contributed by atoms with Crippen LogP contribution in [-0.2, 0) is 28.6 Å². The highest BCUT2D eigenvalue weighted by Crippen LogP contribution is 2.31. The Bertz CT molecular complexity index is 1070. The second-order valence-electron chi connectivity index (χ2n) is 9.22. The van der Waals surface area contributed by atoms with Crippen molar-refractivity contribution in [3.63, 3.8) is 0 Å². The summed E-state index contributed by atoms with van der Waals surface area (Å²) in [5.41, 5.74) is 1.27. The lowest BCUT2D eigenvalue weighted by Gasteiger charge is -2.36. The number of hydrogen-bond acceptors (Lipinski definition) is 9. The van der Waals surface area contributed by atoms with Crippen molar-refractivity contribution in [2.45, 2.75) is 32.2 Å². The van der Waals surface area contributed by atoms with E-state index in [1.807, 2.05) is 6.92 Å². The van der Waals surface area contributed by atoms with Crippen LogP contribution >= 0.6 is 0 Å². The van der Waals surface area contributed by atoms with Crippen molar-refractivity contribution in [1.82, 2.24) is 15.1 Å². The molecule has 1 aromatic rings. The van der Waals surface area contributed by atoms with Gasteiger partial charge in [0.15, 0.2) is 0 Å². The molecular weight excluding hydrogens is 496 g/mol. The van der Waals surface area contributed by atoms with Gasteiger partial charge in [-0.1, -0.05) is 0 Å². The van der Waals surface area contributed by atoms with Crippen molar-refractivity contribution >= 4 is 35.2 Å². The summed E-state index contributed by atoms with van der Waals surface area (Å²) in [6.45, 7) is 7.11. The molecule has 0 spiro atoms. The van der Waals surface area contributed by atoms with Gasteiger partial charge in [-0.3, -0.25) is 34.2 Å². The number of benzene rings is 1. The lowest BCUT2D eigenvalue weighted by molar-refractivity contribution is -0.136. The van der Waals surface area contributed by atoms with E-state index < -0.39 is 29.7 Å². The first-order chi connectivity index (χ1) is 18.4. The smallest absolute Gasteiger partial charge is 0.262 e. The second kappa shape index (κ2) is 12.9. The van der Waals surface area contributed by atoms with Gasteiger partial charge >= 0.3 is 0 Å². The number of amides is 5. The van der Waals surface area contributed by atoms with Gasteiger partial charge in [0, 0.05) is 44.9 Å². The van der Waals surface area contributed by atoms with E-state index in [4.69, 9.17) is 14.2 Å². The Morgan fingerprint density at radius 2 is 1.55 bits per heavy atom.